The third-order valence-electron chi connectivity index (χ3n) is 2.69. The number of rotatable bonds is 6. The normalized spacial score (nSPS) is 21.4. The van der Waals surface area contributed by atoms with Gasteiger partial charge in [-0.2, -0.15) is 13.2 Å². The van der Waals surface area contributed by atoms with Gasteiger partial charge in [0.15, 0.2) is 0 Å². The molecule has 0 amide bonds. The van der Waals surface area contributed by atoms with Gasteiger partial charge >= 0.3 is 6.18 Å². The Labute approximate surface area is 87.2 Å². The van der Waals surface area contributed by atoms with Crippen molar-refractivity contribution in [3.8, 4) is 0 Å². The molecule has 3 N–H and O–H groups in total. The smallest absolute Gasteiger partial charge is 0.385 e. The van der Waals surface area contributed by atoms with Crippen LogP contribution in [0, 0.1) is 0 Å². The van der Waals surface area contributed by atoms with Crippen LogP contribution < -0.4 is 11.1 Å². The molecule has 1 aliphatic carbocycles. The largest absolute Gasteiger partial charge is 0.406 e. The molecule has 90 valence electrons. The van der Waals surface area contributed by atoms with Crippen LogP contribution in [-0.4, -0.2) is 38.0 Å². The van der Waals surface area contributed by atoms with E-state index in [-0.39, 0.29) is 25.4 Å². The van der Waals surface area contributed by atoms with Gasteiger partial charge in [-0.3, -0.25) is 0 Å². The Bertz CT molecular complexity index is 204. The van der Waals surface area contributed by atoms with E-state index in [1.165, 1.54) is 7.11 Å². The number of hydrogen-bond acceptors (Lipinski definition) is 3. The summed E-state index contributed by atoms with van der Waals surface area (Å²) in [4.78, 5) is 0. The third-order valence-corrected chi connectivity index (χ3v) is 2.69. The fourth-order valence-electron chi connectivity index (χ4n) is 1.38. The summed E-state index contributed by atoms with van der Waals surface area (Å²) in [6.07, 6.45) is -3.27. The molecule has 1 atom stereocenters. The minimum atomic E-state index is -4.16. The Hall–Kier alpha value is -0.330. The van der Waals surface area contributed by atoms with Crippen molar-refractivity contribution in [2.75, 3.05) is 20.3 Å². The molecular formula is C9H17F3N2O. The highest BCUT2D eigenvalue weighted by Gasteiger charge is 2.62. The van der Waals surface area contributed by atoms with Crippen molar-refractivity contribution in [1.82, 2.24) is 5.32 Å². The topological polar surface area (TPSA) is 47.3 Å². The lowest BCUT2D eigenvalue weighted by Gasteiger charge is -2.22. The molecule has 15 heavy (non-hydrogen) atoms. The van der Waals surface area contributed by atoms with Gasteiger partial charge in [0.2, 0.25) is 0 Å². The molecule has 0 heterocycles. The van der Waals surface area contributed by atoms with Gasteiger partial charge in [0.1, 0.15) is 5.54 Å². The number of hydrogen-bond donors (Lipinski definition) is 2. The van der Waals surface area contributed by atoms with E-state index in [0.717, 1.165) is 0 Å². The van der Waals surface area contributed by atoms with E-state index in [1.54, 1.807) is 0 Å². The van der Waals surface area contributed by atoms with Gasteiger partial charge in [-0.15, -0.1) is 0 Å². The van der Waals surface area contributed by atoms with Crippen LogP contribution in [0.4, 0.5) is 13.2 Å². The maximum atomic E-state index is 12.5. The van der Waals surface area contributed by atoms with Crippen molar-refractivity contribution in [3.05, 3.63) is 0 Å². The highest BCUT2D eigenvalue weighted by atomic mass is 19.4. The molecule has 3 nitrogen and oxygen atoms in total. The molecule has 0 aromatic heterocycles. The molecule has 0 saturated heterocycles. The fraction of sp³-hybridized carbons (Fsp3) is 1.00. The predicted octanol–water partition coefficient (Wildman–Crippen LogP) is 1.03. The van der Waals surface area contributed by atoms with Crippen LogP contribution in [0.5, 0.6) is 0 Å². The second kappa shape index (κ2) is 4.67. The number of halogens is 3. The molecule has 1 saturated carbocycles. The van der Waals surface area contributed by atoms with Gasteiger partial charge in [0, 0.05) is 26.3 Å². The maximum Gasteiger partial charge on any atom is 0.406 e. The zero-order valence-electron chi connectivity index (χ0n) is 8.73. The van der Waals surface area contributed by atoms with E-state index in [0.29, 0.717) is 13.0 Å². The van der Waals surface area contributed by atoms with Crippen LogP contribution in [0.15, 0.2) is 0 Å². The van der Waals surface area contributed by atoms with Crippen molar-refractivity contribution in [3.63, 3.8) is 0 Å². The van der Waals surface area contributed by atoms with Crippen molar-refractivity contribution < 1.29 is 17.9 Å². The lowest BCUT2D eigenvalue weighted by atomic mass is 10.2. The Morgan fingerprint density at radius 3 is 2.47 bits per heavy atom. The first kappa shape index (κ1) is 12.7. The van der Waals surface area contributed by atoms with Gasteiger partial charge in [0.25, 0.3) is 0 Å². The highest BCUT2D eigenvalue weighted by Crippen LogP contribution is 2.48. The average Bonchev–Trinajstić information content (AvgIpc) is 2.91. The van der Waals surface area contributed by atoms with E-state index >= 15 is 0 Å². The van der Waals surface area contributed by atoms with Crippen LogP contribution >= 0.6 is 0 Å². The molecule has 0 aliphatic heterocycles. The number of ether oxygens (including phenoxy) is 1. The summed E-state index contributed by atoms with van der Waals surface area (Å²) >= 11 is 0. The van der Waals surface area contributed by atoms with Crippen LogP contribution in [0.3, 0.4) is 0 Å². The second-order valence-electron chi connectivity index (χ2n) is 4.00. The van der Waals surface area contributed by atoms with Crippen LogP contribution in [0.25, 0.3) is 0 Å². The van der Waals surface area contributed by atoms with Crippen LogP contribution in [-0.2, 0) is 4.74 Å². The monoisotopic (exact) mass is 226 g/mol. The molecule has 0 radical (unpaired) electrons. The highest BCUT2D eigenvalue weighted by molar-refractivity contribution is 5.08. The van der Waals surface area contributed by atoms with Gasteiger partial charge in [-0.1, -0.05) is 0 Å². The van der Waals surface area contributed by atoms with E-state index < -0.39 is 11.7 Å². The fourth-order valence-corrected chi connectivity index (χ4v) is 1.38. The molecule has 1 unspecified atom stereocenters. The molecule has 6 heteroatoms. The number of methoxy groups -OCH3 is 1. The van der Waals surface area contributed by atoms with E-state index in [1.807, 2.05) is 0 Å². The summed E-state index contributed by atoms with van der Waals surface area (Å²) < 4.78 is 42.2. The average molecular weight is 226 g/mol. The first-order valence-electron chi connectivity index (χ1n) is 4.97. The Balaban J connectivity index is 2.25. The van der Waals surface area contributed by atoms with Crippen molar-refractivity contribution in [2.45, 2.75) is 37.0 Å². The summed E-state index contributed by atoms with van der Waals surface area (Å²) in [6, 6.07) is -0.287. The molecule has 1 rings (SSSR count). The van der Waals surface area contributed by atoms with Gasteiger partial charge in [-0.25, -0.2) is 0 Å². The molecule has 1 aliphatic rings. The van der Waals surface area contributed by atoms with Gasteiger partial charge in [-0.05, 0) is 19.3 Å². The zero-order chi connectivity index (χ0) is 11.5. The summed E-state index contributed by atoms with van der Waals surface area (Å²) in [7, 11) is 1.54. The first-order valence-corrected chi connectivity index (χ1v) is 4.97. The van der Waals surface area contributed by atoms with Crippen LogP contribution in [0.2, 0.25) is 0 Å². The quantitative estimate of drug-likeness (QED) is 0.711. The van der Waals surface area contributed by atoms with Crippen LogP contribution in [0.1, 0.15) is 19.3 Å². The van der Waals surface area contributed by atoms with Crippen molar-refractivity contribution in [1.29, 1.82) is 0 Å². The molecule has 1 fully saturated rings. The van der Waals surface area contributed by atoms with Gasteiger partial charge in [0.05, 0.1) is 0 Å². The summed E-state index contributed by atoms with van der Waals surface area (Å²) in [5.41, 5.74) is 3.97. The third kappa shape index (κ3) is 3.32. The Morgan fingerprint density at radius 2 is 2.07 bits per heavy atom. The molecule has 0 aromatic carbocycles. The molecule has 0 spiro atoms. The number of nitrogens with one attached hydrogen (secondary N) is 1. The second-order valence-corrected chi connectivity index (χ2v) is 4.00. The summed E-state index contributed by atoms with van der Waals surface area (Å²) in [6.45, 7) is 0.657. The van der Waals surface area contributed by atoms with Crippen molar-refractivity contribution >= 4 is 0 Å². The minimum absolute atomic E-state index is 0.160. The van der Waals surface area contributed by atoms with E-state index in [2.05, 4.69) is 5.32 Å². The summed E-state index contributed by atoms with van der Waals surface area (Å²) in [5, 5.41) is 2.51. The number of alkyl halides is 3. The zero-order valence-corrected chi connectivity index (χ0v) is 8.73. The number of nitrogens with two attached hydrogens (primary N) is 1. The Kier molecular flexibility index (Phi) is 3.97. The lowest BCUT2D eigenvalue weighted by molar-refractivity contribution is -0.165. The maximum absolute atomic E-state index is 12.5. The van der Waals surface area contributed by atoms with Gasteiger partial charge < -0.3 is 15.8 Å². The molecule has 0 aromatic rings. The van der Waals surface area contributed by atoms with E-state index in [9.17, 15) is 13.2 Å². The molecular weight excluding hydrogens is 209 g/mol. The first-order chi connectivity index (χ1) is 6.91. The molecule has 0 bridgehead atoms. The minimum Gasteiger partial charge on any atom is -0.385 e. The van der Waals surface area contributed by atoms with Crippen molar-refractivity contribution in [2.24, 2.45) is 5.73 Å². The lowest BCUT2D eigenvalue weighted by Crippen LogP contribution is -2.49. The standard InChI is InChI=1S/C9H17F3N2O/c1-15-5-2-7(13)6-14-8(3-4-8)9(10,11)12/h7,14H,2-6,13H2,1H3. The SMILES string of the molecule is COCCC(N)CNC1(C(F)(F)F)CC1. The van der Waals surface area contributed by atoms with E-state index in [4.69, 9.17) is 10.5 Å². The predicted molar refractivity (Wildman–Crippen MR) is 50.5 cm³/mol. The summed E-state index contributed by atoms with van der Waals surface area (Å²) in [5.74, 6) is 0. The Morgan fingerprint density at radius 1 is 1.47 bits per heavy atom.